The van der Waals surface area contributed by atoms with E-state index in [2.05, 4.69) is 5.10 Å². The van der Waals surface area contributed by atoms with Crippen LogP contribution < -0.4 is 5.76 Å². The number of carboxylic acid groups (broad SMARTS) is 1. The highest BCUT2D eigenvalue weighted by Crippen LogP contribution is 2.15. The molecule has 1 aromatic carbocycles. The first-order valence-electron chi connectivity index (χ1n) is 5.46. The lowest BCUT2D eigenvalue weighted by Crippen LogP contribution is -2.14. The zero-order valence-corrected chi connectivity index (χ0v) is 10.0. The summed E-state index contributed by atoms with van der Waals surface area (Å²) in [5.41, 5.74) is 1.38. The quantitative estimate of drug-likeness (QED) is 0.887. The number of hydrogen-bond acceptors (Lipinski definition) is 4. The second-order valence-electron chi connectivity index (χ2n) is 3.80. The summed E-state index contributed by atoms with van der Waals surface area (Å²) in [5, 5.41) is 12.9. The molecule has 94 valence electrons. The molecule has 0 saturated heterocycles. The Labute approximate surface area is 102 Å². The molecule has 6 heteroatoms. The van der Waals surface area contributed by atoms with Gasteiger partial charge in [-0.3, -0.25) is 0 Å². The fourth-order valence-electron chi connectivity index (χ4n) is 1.75. The maximum atomic E-state index is 11.5. The van der Waals surface area contributed by atoms with Gasteiger partial charge in [0.1, 0.15) is 0 Å². The van der Waals surface area contributed by atoms with E-state index in [9.17, 15) is 9.59 Å². The van der Waals surface area contributed by atoms with E-state index in [-0.39, 0.29) is 11.5 Å². The molecule has 0 aliphatic carbocycles. The molecule has 0 amide bonds. The Morgan fingerprint density at radius 3 is 2.72 bits per heavy atom. The van der Waals surface area contributed by atoms with Crippen molar-refractivity contribution in [3.8, 4) is 5.69 Å². The number of aromatic carboxylic acids is 1. The van der Waals surface area contributed by atoms with Crippen LogP contribution >= 0.6 is 0 Å². The van der Waals surface area contributed by atoms with Gasteiger partial charge in [-0.1, -0.05) is 6.92 Å². The van der Waals surface area contributed by atoms with Crippen LogP contribution in [0.3, 0.4) is 0 Å². The highest BCUT2D eigenvalue weighted by Gasteiger charge is 2.12. The molecule has 1 aromatic heterocycles. The summed E-state index contributed by atoms with van der Waals surface area (Å²) in [5.74, 6) is -1.31. The Hall–Kier alpha value is -2.37. The van der Waals surface area contributed by atoms with Gasteiger partial charge in [-0.15, -0.1) is 5.10 Å². The summed E-state index contributed by atoms with van der Waals surface area (Å²) in [6, 6.07) is 4.63. The smallest absolute Gasteiger partial charge is 0.441 e. The van der Waals surface area contributed by atoms with E-state index in [1.54, 1.807) is 13.0 Å². The molecule has 6 nitrogen and oxygen atoms in total. The molecule has 2 aromatic rings. The first-order valence-corrected chi connectivity index (χ1v) is 5.46. The number of carbonyl (C=O) groups is 1. The third-order valence-corrected chi connectivity index (χ3v) is 2.59. The Morgan fingerprint density at radius 2 is 2.22 bits per heavy atom. The van der Waals surface area contributed by atoms with Crippen LogP contribution in [0.5, 0.6) is 0 Å². The molecule has 0 aliphatic rings. The molecule has 1 heterocycles. The highest BCUT2D eigenvalue weighted by molar-refractivity contribution is 5.89. The number of benzene rings is 1. The van der Waals surface area contributed by atoms with Crippen LogP contribution in [0.25, 0.3) is 5.69 Å². The Kier molecular flexibility index (Phi) is 3.01. The van der Waals surface area contributed by atoms with Crippen molar-refractivity contribution in [2.75, 3.05) is 0 Å². The van der Waals surface area contributed by atoms with Crippen molar-refractivity contribution in [2.24, 2.45) is 0 Å². The van der Waals surface area contributed by atoms with Gasteiger partial charge in [0.25, 0.3) is 0 Å². The average molecular weight is 248 g/mol. The minimum atomic E-state index is -0.984. The lowest BCUT2D eigenvalue weighted by molar-refractivity contribution is 0.0695. The summed E-state index contributed by atoms with van der Waals surface area (Å²) < 4.78 is 5.91. The number of nitrogens with zero attached hydrogens (tertiary/aromatic N) is 2. The van der Waals surface area contributed by atoms with Gasteiger partial charge in [0.2, 0.25) is 5.89 Å². The molecule has 0 unspecified atom stereocenters. The van der Waals surface area contributed by atoms with Gasteiger partial charge in [0.15, 0.2) is 0 Å². The number of aryl methyl sites for hydroxylation is 2. The SMILES string of the molecule is CCc1cc(-n2nc(C)oc2=O)ccc1C(=O)O. The molecule has 0 saturated carbocycles. The minimum absolute atomic E-state index is 0.231. The van der Waals surface area contributed by atoms with Crippen molar-refractivity contribution in [1.82, 2.24) is 9.78 Å². The van der Waals surface area contributed by atoms with Gasteiger partial charge in [0.05, 0.1) is 11.3 Å². The first kappa shape index (κ1) is 12.1. The van der Waals surface area contributed by atoms with Crippen LogP contribution in [-0.2, 0) is 6.42 Å². The van der Waals surface area contributed by atoms with E-state index < -0.39 is 11.7 Å². The topological polar surface area (TPSA) is 85.3 Å². The van der Waals surface area contributed by atoms with E-state index in [1.165, 1.54) is 12.1 Å². The number of carboxylic acids is 1. The third kappa shape index (κ3) is 2.04. The number of aromatic nitrogens is 2. The molecule has 18 heavy (non-hydrogen) atoms. The van der Waals surface area contributed by atoms with Gasteiger partial charge in [-0.25, -0.2) is 9.59 Å². The largest absolute Gasteiger partial charge is 0.478 e. The Morgan fingerprint density at radius 1 is 1.50 bits per heavy atom. The molecule has 0 bridgehead atoms. The Bertz CT molecular complexity index is 654. The van der Waals surface area contributed by atoms with Crippen LogP contribution in [0.4, 0.5) is 0 Å². The summed E-state index contributed by atoms with van der Waals surface area (Å²) in [6.45, 7) is 3.42. The van der Waals surface area contributed by atoms with Crippen molar-refractivity contribution >= 4 is 5.97 Å². The monoisotopic (exact) mass is 248 g/mol. The molecule has 0 radical (unpaired) electrons. The summed E-state index contributed by atoms with van der Waals surface area (Å²) in [7, 11) is 0. The second-order valence-corrected chi connectivity index (χ2v) is 3.80. The molecule has 0 aliphatic heterocycles. The predicted octanol–water partition coefficient (Wildman–Crippen LogP) is 1.39. The molecule has 0 spiro atoms. The van der Waals surface area contributed by atoms with Crippen molar-refractivity contribution in [3.63, 3.8) is 0 Å². The molecule has 0 fully saturated rings. The van der Waals surface area contributed by atoms with Crippen molar-refractivity contribution in [3.05, 3.63) is 45.8 Å². The van der Waals surface area contributed by atoms with Crippen molar-refractivity contribution < 1.29 is 14.3 Å². The third-order valence-electron chi connectivity index (χ3n) is 2.59. The molecular weight excluding hydrogens is 236 g/mol. The van der Waals surface area contributed by atoms with E-state index in [0.29, 0.717) is 17.7 Å². The van der Waals surface area contributed by atoms with Crippen LogP contribution in [-0.4, -0.2) is 20.9 Å². The summed E-state index contributed by atoms with van der Waals surface area (Å²) >= 11 is 0. The minimum Gasteiger partial charge on any atom is -0.478 e. The van der Waals surface area contributed by atoms with Gasteiger partial charge in [0, 0.05) is 6.92 Å². The van der Waals surface area contributed by atoms with Crippen LogP contribution in [0.2, 0.25) is 0 Å². The maximum absolute atomic E-state index is 11.5. The Balaban J connectivity index is 2.57. The lowest BCUT2D eigenvalue weighted by Gasteiger charge is -2.05. The van der Waals surface area contributed by atoms with Gasteiger partial charge < -0.3 is 9.52 Å². The number of hydrogen-bond donors (Lipinski definition) is 1. The predicted molar refractivity (Wildman–Crippen MR) is 63.2 cm³/mol. The van der Waals surface area contributed by atoms with E-state index in [1.807, 2.05) is 6.92 Å². The highest BCUT2D eigenvalue weighted by atomic mass is 16.4. The van der Waals surface area contributed by atoms with Gasteiger partial charge in [-0.05, 0) is 30.2 Å². The second kappa shape index (κ2) is 4.48. The zero-order valence-electron chi connectivity index (χ0n) is 10.0. The van der Waals surface area contributed by atoms with Gasteiger partial charge in [-0.2, -0.15) is 4.68 Å². The zero-order chi connectivity index (χ0) is 13.3. The fraction of sp³-hybridized carbons (Fsp3) is 0.250. The molecule has 2 rings (SSSR count). The summed E-state index contributed by atoms with van der Waals surface area (Å²) in [6.07, 6.45) is 0.557. The van der Waals surface area contributed by atoms with Crippen molar-refractivity contribution in [2.45, 2.75) is 20.3 Å². The number of rotatable bonds is 3. The van der Waals surface area contributed by atoms with Crippen molar-refractivity contribution in [1.29, 1.82) is 0 Å². The van der Waals surface area contributed by atoms with Crippen LogP contribution in [0.15, 0.2) is 27.4 Å². The fourth-order valence-corrected chi connectivity index (χ4v) is 1.75. The average Bonchev–Trinajstić information content (AvgIpc) is 2.67. The van der Waals surface area contributed by atoms with E-state index >= 15 is 0 Å². The van der Waals surface area contributed by atoms with Crippen LogP contribution in [0, 0.1) is 6.92 Å². The standard InChI is InChI=1S/C12H12N2O4/c1-3-8-6-9(4-5-10(8)11(15)16)14-12(17)18-7(2)13-14/h4-6H,3H2,1-2H3,(H,15,16). The van der Waals surface area contributed by atoms with Gasteiger partial charge >= 0.3 is 11.7 Å². The molecular formula is C12H12N2O4. The normalized spacial score (nSPS) is 10.6. The lowest BCUT2D eigenvalue weighted by atomic mass is 10.0. The summed E-state index contributed by atoms with van der Waals surface area (Å²) in [4.78, 5) is 22.5. The maximum Gasteiger partial charge on any atom is 0.441 e. The molecule has 1 N–H and O–H groups in total. The van der Waals surface area contributed by atoms with E-state index in [0.717, 1.165) is 4.68 Å². The first-order chi connectivity index (χ1) is 8.52. The van der Waals surface area contributed by atoms with Crippen LogP contribution in [0.1, 0.15) is 28.7 Å². The molecule has 0 atom stereocenters. The van der Waals surface area contributed by atoms with E-state index in [4.69, 9.17) is 9.52 Å².